The van der Waals surface area contributed by atoms with Crippen molar-refractivity contribution in [2.75, 3.05) is 13.2 Å². The first-order valence-electron chi connectivity index (χ1n) is 7.45. The molecule has 1 aliphatic carbocycles. The van der Waals surface area contributed by atoms with Gasteiger partial charge in [0.15, 0.2) is 0 Å². The molecule has 0 aromatic heterocycles. The lowest BCUT2D eigenvalue weighted by atomic mass is 9.72. The van der Waals surface area contributed by atoms with E-state index in [0.717, 1.165) is 6.42 Å². The zero-order chi connectivity index (χ0) is 14.3. The molecular weight excluding hydrogens is 234 g/mol. The Morgan fingerprint density at radius 3 is 2.79 bits per heavy atom. The van der Waals surface area contributed by atoms with Crippen molar-refractivity contribution >= 4 is 6.21 Å². The van der Waals surface area contributed by atoms with Gasteiger partial charge in [-0.25, -0.2) is 0 Å². The maximum Gasteiger partial charge on any atom is 0.0626 e. The SMILES string of the molecule is CC1=C(/C=C/C(C)C/C=N/CCO)C(C)(C)CCC1. The van der Waals surface area contributed by atoms with Gasteiger partial charge in [-0.2, -0.15) is 0 Å². The number of allylic oxidation sites excluding steroid dienone is 4. The molecule has 0 bridgehead atoms. The standard InChI is InChI=1S/C17H29NO/c1-14(9-11-18-12-13-19)7-8-16-15(2)6-5-10-17(16,3)4/h7-8,11,14,19H,5-6,9-10,12-13H2,1-4H3/b8-7+,18-11+. The second kappa shape index (κ2) is 7.64. The Labute approximate surface area is 118 Å². The topological polar surface area (TPSA) is 32.6 Å². The molecule has 1 aliphatic rings. The molecule has 2 heteroatoms. The molecule has 0 radical (unpaired) electrons. The molecule has 1 atom stereocenters. The van der Waals surface area contributed by atoms with Crippen LogP contribution in [-0.4, -0.2) is 24.5 Å². The molecule has 0 saturated carbocycles. The summed E-state index contributed by atoms with van der Waals surface area (Å²) in [5.74, 6) is 0.500. The minimum Gasteiger partial charge on any atom is -0.394 e. The molecule has 0 aromatic rings. The van der Waals surface area contributed by atoms with E-state index >= 15 is 0 Å². The average molecular weight is 263 g/mol. The van der Waals surface area contributed by atoms with E-state index in [1.807, 2.05) is 6.21 Å². The van der Waals surface area contributed by atoms with E-state index in [-0.39, 0.29) is 6.61 Å². The highest BCUT2D eigenvalue weighted by atomic mass is 16.3. The molecule has 0 fully saturated rings. The number of aliphatic imine (C=N–C) groups is 1. The highest BCUT2D eigenvalue weighted by Gasteiger charge is 2.26. The van der Waals surface area contributed by atoms with Gasteiger partial charge in [0.05, 0.1) is 13.2 Å². The van der Waals surface area contributed by atoms with Crippen LogP contribution in [0.25, 0.3) is 0 Å². The van der Waals surface area contributed by atoms with Crippen molar-refractivity contribution in [3.05, 3.63) is 23.3 Å². The molecule has 0 amide bonds. The highest BCUT2D eigenvalue weighted by Crippen LogP contribution is 2.40. The first kappa shape index (κ1) is 16.2. The van der Waals surface area contributed by atoms with E-state index in [2.05, 4.69) is 44.8 Å². The Morgan fingerprint density at radius 2 is 2.16 bits per heavy atom. The molecule has 108 valence electrons. The van der Waals surface area contributed by atoms with Crippen molar-refractivity contribution in [1.82, 2.24) is 0 Å². The van der Waals surface area contributed by atoms with Crippen LogP contribution in [0.2, 0.25) is 0 Å². The van der Waals surface area contributed by atoms with E-state index in [1.165, 1.54) is 24.8 Å². The first-order chi connectivity index (χ1) is 8.97. The van der Waals surface area contributed by atoms with Crippen molar-refractivity contribution in [3.8, 4) is 0 Å². The van der Waals surface area contributed by atoms with Crippen molar-refractivity contribution in [2.24, 2.45) is 16.3 Å². The van der Waals surface area contributed by atoms with Gasteiger partial charge in [0.1, 0.15) is 0 Å². The smallest absolute Gasteiger partial charge is 0.0626 e. The molecule has 0 spiro atoms. The van der Waals surface area contributed by atoms with Crippen molar-refractivity contribution in [3.63, 3.8) is 0 Å². The number of hydrogen-bond donors (Lipinski definition) is 1. The third kappa shape index (κ3) is 5.32. The van der Waals surface area contributed by atoms with Crippen LogP contribution in [0.15, 0.2) is 28.3 Å². The monoisotopic (exact) mass is 263 g/mol. The van der Waals surface area contributed by atoms with Crippen LogP contribution >= 0.6 is 0 Å². The summed E-state index contributed by atoms with van der Waals surface area (Å²) in [5.41, 5.74) is 3.40. The van der Waals surface area contributed by atoms with Crippen LogP contribution in [0.4, 0.5) is 0 Å². The lowest BCUT2D eigenvalue weighted by molar-refractivity contribution is 0.307. The van der Waals surface area contributed by atoms with Gasteiger partial charge in [0, 0.05) is 0 Å². The second-order valence-corrected chi connectivity index (χ2v) is 6.32. The Hall–Kier alpha value is -0.890. The summed E-state index contributed by atoms with van der Waals surface area (Å²) in [4.78, 5) is 4.15. The molecule has 1 unspecified atom stereocenters. The molecule has 19 heavy (non-hydrogen) atoms. The molecule has 0 aliphatic heterocycles. The van der Waals surface area contributed by atoms with E-state index in [9.17, 15) is 0 Å². The fourth-order valence-corrected chi connectivity index (χ4v) is 2.74. The second-order valence-electron chi connectivity index (χ2n) is 6.32. The lowest BCUT2D eigenvalue weighted by Gasteiger charge is -2.33. The molecule has 2 nitrogen and oxygen atoms in total. The van der Waals surface area contributed by atoms with Gasteiger partial charge >= 0.3 is 0 Å². The Morgan fingerprint density at radius 1 is 1.42 bits per heavy atom. The van der Waals surface area contributed by atoms with E-state index in [4.69, 9.17) is 5.11 Å². The maximum absolute atomic E-state index is 8.66. The van der Waals surface area contributed by atoms with Gasteiger partial charge in [0.25, 0.3) is 0 Å². The predicted octanol–water partition coefficient (Wildman–Crippen LogP) is 4.16. The van der Waals surface area contributed by atoms with Gasteiger partial charge in [-0.3, -0.25) is 4.99 Å². The lowest BCUT2D eigenvalue weighted by Crippen LogP contribution is -2.19. The summed E-state index contributed by atoms with van der Waals surface area (Å²) in [6.45, 7) is 9.85. The number of aliphatic hydroxyl groups is 1. The largest absolute Gasteiger partial charge is 0.394 e. The molecule has 1 rings (SSSR count). The number of nitrogens with zero attached hydrogens (tertiary/aromatic N) is 1. The third-order valence-electron chi connectivity index (χ3n) is 3.97. The summed E-state index contributed by atoms with van der Waals surface area (Å²) in [7, 11) is 0. The number of rotatable bonds is 6. The average Bonchev–Trinajstić information content (AvgIpc) is 2.33. The van der Waals surface area contributed by atoms with Gasteiger partial charge in [-0.15, -0.1) is 0 Å². The quantitative estimate of drug-likeness (QED) is 0.717. The first-order valence-corrected chi connectivity index (χ1v) is 7.45. The normalized spacial score (nSPS) is 21.5. The summed E-state index contributed by atoms with van der Waals surface area (Å²) in [5, 5.41) is 8.66. The van der Waals surface area contributed by atoms with Gasteiger partial charge in [0.2, 0.25) is 0 Å². The predicted molar refractivity (Wildman–Crippen MR) is 83.7 cm³/mol. The summed E-state index contributed by atoms with van der Waals surface area (Å²) >= 11 is 0. The minimum absolute atomic E-state index is 0.140. The van der Waals surface area contributed by atoms with Gasteiger partial charge in [-0.1, -0.05) is 38.5 Å². The molecule has 1 N–H and O–H groups in total. The van der Waals surface area contributed by atoms with Gasteiger partial charge < -0.3 is 5.11 Å². The third-order valence-corrected chi connectivity index (χ3v) is 3.97. The molecule has 0 saturated heterocycles. The number of hydrogen-bond acceptors (Lipinski definition) is 2. The van der Waals surface area contributed by atoms with Crippen LogP contribution in [0.3, 0.4) is 0 Å². The van der Waals surface area contributed by atoms with Crippen molar-refractivity contribution in [1.29, 1.82) is 0 Å². The zero-order valence-corrected chi connectivity index (χ0v) is 12.9. The zero-order valence-electron chi connectivity index (χ0n) is 12.9. The fourth-order valence-electron chi connectivity index (χ4n) is 2.74. The maximum atomic E-state index is 8.66. The van der Waals surface area contributed by atoms with Crippen LogP contribution in [0.1, 0.15) is 53.4 Å². The molecular formula is C17H29NO. The van der Waals surface area contributed by atoms with Gasteiger partial charge in [-0.05, 0) is 55.7 Å². The highest BCUT2D eigenvalue weighted by molar-refractivity contribution is 5.57. The fraction of sp³-hybridized carbons (Fsp3) is 0.706. The van der Waals surface area contributed by atoms with Crippen molar-refractivity contribution < 1.29 is 5.11 Å². The Bertz CT molecular complexity index is 363. The minimum atomic E-state index is 0.140. The Kier molecular flexibility index (Phi) is 6.50. The van der Waals surface area contributed by atoms with Crippen LogP contribution in [-0.2, 0) is 0 Å². The van der Waals surface area contributed by atoms with Crippen molar-refractivity contribution in [2.45, 2.75) is 53.4 Å². The van der Waals surface area contributed by atoms with E-state index < -0.39 is 0 Å². The summed E-state index contributed by atoms with van der Waals surface area (Å²) in [6.07, 6.45) is 11.4. The summed E-state index contributed by atoms with van der Waals surface area (Å²) in [6, 6.07) is 0. The van der Waals surface area contributed by atoms with Crippen LogP contribution in [0.5, 0.6) is 0 Å². The summed E-state index contributed by atoms with van der Waals surface area (Å²) < 4.78 is 0. The molecule has 0 aromatic carbocycles. The van der Waals surface area contributed by atoms with Crippen LogP contribution < -0.4 is 0 Å². The molecule has 0 heterocycles. The number of aliphatic hydroxyl groups excluding tert-OH is 1. The van der Waals surface area contributed by atoms with Crippen LogP contribution in [0, 0.1) is 11.3 Å². The van der Waals surface area contributed by atoms with E-state index in [1.54, 1.807) is 5.57 Å². The van der Waals surface area contributed by atoms with E-state index in [0.29, 0.717) is 17.9 Å². The Balaban J connectivity index is 2.59.